The highest BCUT2D eigenvalue weighted by molar-refractivity contribution is 7.89. The lowest BCUT2D eigenvalue weighted by molar-refractivity contribution is 0.0745. The predicted molar refractivity (Wildman–Crippen MR) is 74.2 cm³/mol. The summed E-state index contributed by atoms with van der Waals surface area (Å²) in [6.45, 7) is 6.39. The second kappa shape index (κ2) is 5.49. The molecule has 0 aliphatic heterocycles. The Hall–Kier alpha value is -1.47. The Morgan fingerprint density at radius 1 is 1.35 bits per heavy atom. The van der Waals surface area contributed by atoms with Crippen LogP contribution in [0.25, 0.3) is 0 Å². The van der Waals surface area contributed by atoms with Crippen LogP contribution in [0.3, 0.4) is 0 Å². The highest BCUT2D eigenvalue weighted by atomic mass is 32.2. The smallest absolute Gasteiger partial charge is 0.253 e. The van der Waals surface area contributed by atoms with Crippen molar-refractivity contribution in [1.82, 2.24) is 4.90 Å². The molecule has 112 valence electrons. The fourth-order valence-corrected chi connectivity index (χ4v) is 2.49. The van der Waals surface area contributed by atoms with Crippen molar-refractivity contribution in [2.45, 2.75) is 25.7 Å². The van der Waals surface area contributed by atoms with Crippen molar-refractivity contribution in [3.05, 3.63) is 29.6 Å². The number of primary sulfonamides is 1. The van der Waals surface area contributed by atoms with Crippen LogP contribution in [0.1, 0.15) is 31.1 Å². The van der Waals surface area contributed by atoms with Gasteiger partial charge in [0.2, 0.25) is 10.0 Å². The van der Waals surface area contributed by atoms with Crippen LogP contribution in [0, 0.1) is 11.2 Å². The number of nitrogens with two attached hydrogens (primary N) is 1. The van der Waals surface area contributed by atoms with Gasteiger partial charge in [0.15, 0.2) is 0 Å². The van der Waals surface area contributed by atoms with Crippen LogP contribution in [0.2, 0.25) is 0 Å². The van der Waals surface area contributed by atoms with Gasteiger partial charge in [-0.15, -0.1) is 0 Å². The number of benzene rings is 1. The van der Waals surface area contributed by atoms with E-state index in [2.05, 4.69) is 0 Å². The average molecular weight is 302 g/mol. The van der Waals surface area contributed by atoms with Gasteiger partial charge in [0, 0.05) is 19.2 Å². The molecule has 0 saturated carbocycles. The molecule has 1 amide bonds. The molecule has 0 bridgehead atoms. The van der Waals surface area contributed by atoms with Crippen molar-refractivity contribution in [2.24, 2.45) is 10.6 Å². The number of carbonyl (C=O) groups is 1. The Morgan fingerprint density at radius 3 is 2.35 bits per heavy atom. The number of rotatable bonds is 3. The SMILES string of the molecule is CN(CC(C)(C)C)C(=O)c1ccc(F)c(S(N)(=O)=O)c1. The van der Waals surface area contributed by atoms with Gasteiger partial charge in [0.1, 0.15) is 10.7 Å². The van der Waals surface area contributed by atoms with Gasteiger partial charge in [-0.1, -0.05) is 20.8 Å². The molecule has 0 fully saturated rings. The number of hydrogen-bond acceptors (Lipinski definition) is 3. The molecular formula is C13H19FN2O3S. The summed E-state index contributed by atoms with van der Waals surface area (Å²) < 4.78 is 35.9. The Kier molecular flexibility index (Phi) is 4.55. The minimum Gasteiger partial charge on any atom is -0.341 e. The maximum atomic E-state index is 13.4. The summed E-state index contributed by atoms with van der Waals surface area (Å²) >= 11 is 0. The summed E-state index contributed by atoms with van der Waals surface area (Å²) in [7, 11) is -2.59. The Bertz CT molecular complexity index is 621. The third-order valence-electron chi connectivity index (χ3n) is 2.54. The zero-order chi connectivity index (χ0) is 15.7. The molecule has 0 unspecified atom stereocenters. The number of halogens is 1. The summed E-state index contributed by atoms with van der Waals surface area (Å²) in [5.41, 5.74) is -0.0186. The molecule has 0 atom stereocenters. The van der Waals surface area contributed by atoms with Crippen molar-refractivity contribution in [3.63, 3.8) is 0 Å². The minimum atomic E-state index is -4.20. The van der Waals surface area contributed by atoms with Crippen LogP contribution in [0.15, 0.2) is 23.1 Å². The monoisotopic (exact) mass is 302 g/mol. The first-order chi connectivity index (χ1) is 8.92. The molecule has 20 heavy (non-hydrogen) atoms. The van der Waals surface area contributed by atoms with Crippen LogP contribution < -0.4 is 5.14 Å². The van der Waals surface area contributed by atoms with Crippen molar-refractivity contribution >= 4 is 15.9 Å². The van der Waals surface area contributed by atoms with E-state index >= 15 is 0 Å². The van der Waals surface area contributed by atoms with Gasteiger partial charge in [-0.25, -0.2) is 17.9 Å². The first kappa shape index (κ1) is 16.6. The van der Waals surface area contributed by atoms with Gasteiger partial charge in [-0.05, 0) is 23.6 Å². The van der Waals surface area contributed by atoms with E-state index in [0.29, 0.717) is 6.54 Å². The quantitative estimate of drug-likeness (QED) is 0.920. The lowest BCUT2D eigenvalue weighted by atomic mass is 9.96. The lowest BCUT2D eigenvalue weighted by Gasteiger charge is -2.26. The van der Waals surface area contributed by atoms with Crippen LogP contribution in [0.4, 0.5) is 4.39 Å². The molecule has 1 aromatic rings. The van der Waals surface area contributed by atoms with Gasteiger partial charge < -0.3 is 4.90 Å². The third kappa shape index (κ3) is 4.28. The topological polar surface area (TPSA) is 80.5 Å². The van der Waals surface area contributed by atoms with E-state index in [-0.39, 0.29) is 16.9 Å². The van der Waals surface area contributed by atoms with E-state index in [1.807, 2.05) is 20.8 Å². The molecular weight excluding hydrogens is 283 g/mol. The Labute approximate surface area is 118 Å². The number of amides is 1. The molecule has 0 radical (unpaired) electrons. The molecule has 0 aromatic heterocycles. The first-order valence-corrected chi connectivity index (χ1v) is 7.54. The van der Waals surface area contributed by atoms with E-state index < -0.39 is 20.7 Å². The molecule has 0 aliphatic carbocycles. The van der Waals surface area contributed by atoms with Gasteiger partial charge in [-0.2, -0.15) is 0 Å². The van der Waals surface area contributed by atoms with Crippen LogP contribution in [-0.4, -0.2) is 32.8 Å². The van der Waals surface area contributed by atoms with Gasteiger partial charge in [0.25, 0.3) is 5.91 Å². The summed E-state index contributed by atoms with van der Waals surface area (Å²) in [5, 5.41) is 4.91. The van der Waals surface area contributed by atoms with Crippen LogP contribution in [-0.2, 0) is 10.0 Å². The van der Waals surface area contributed by atoms with Crippen LogP contribution >= 0.6 is 0 Å². The summed E-state index contributed by atoms with van der Waals surface area (Å²) in [6.07, 6.45) is 0. The molecule has 0 aliphatic rings. The number of sulfonamides is 1. The number of hydrogen-bond donors (Lipinski definition) is 1. The average Bonchev–Trinajstić information content (AvgIpc) is 2.24. The molecule has 2 N–H and O–H groups in total. The molecule has 1 aromatic carbocycles. The summed E-state index contributed by atoms with van der Waals surface area (Å²) in [4.78, 5) is 13.0. The number of carbonyl (C=O) groups excluding carboxylic acids is 1. The minimum absolute atomic E-state index is 0.0853. The zero-order valence-electron chi connectivity index (χ0n) is 12.0. The van der Waals surface area contributed by atoms with Crippen molar-refractivity contribution < 1.29 is 17.6 Å². The molecule has 0 spiro atoms. The molecule has 5 nitrogen and oxygen atoms in total. The second-order valence-electron chi connectivity index (χ2n) is 5.91. The normalized spacial score (nSPS) is 12.3. The Morgan fingerprint density at radius 2 is 1.90 bits per heavy atom. The zero-order valence-corrected chi connectivity index (χ0v) is 12.8. The van der Waals surface area contributed by atoms with Gasteiger partial charge in [-0.3, -0.25) is 4.79 Å². The molecule has 7 heteroatoms. The predicted octanol–water partition coefficient (Wildman–Crippen LogP) is 1.59. The van der Waals surface area contributed by atoms with Crippen LogP contribution in [0.5, 0.6) is 0 Å². The first-order valence-electron chi connectivity index (χ1n) is 5.99. The second-order valence-corrected chi connectivity index (χ2v) is 7.44. The lowest BCUT2D eigenvalue weighted by Crippen LogP contribution is -2.34. The maximum Gasteiger partial charge on any atom is 0.253 e. The highest BCUT2D eigenvalue weighted by Gasteiger charge is 2.22. The molecule has 0 heterocycles. The largest absolute Gasteiger partial charge is 0.341 e. The van der Waals surface area contributed by atoms with E-state index in [4.69, 9.17) is 5.14 Å². The van der Waals surface area contributed by atoms with Crippen molar-refractivity contribution in [1.29, 1.82) is 0 Å². The van der Waals surface area contributed by atoms with Gasteiger partial charge in [0.05, 0.1) is 0 Å². The Balaban J connectivity index is 3.13. The molecule has 1 rings (SSSR count). The fraction of sp³-hybridized carbons (Fsp3) is 0.462. The molecule has 0 saturated heterocycles. The summed E-state index contributed by atoms with van der Waals surface area (Å²) in [6, 6.07) is 3.13. The van der Waals surface area contributed by atoms with E-state index in [1.54, 1.807) is 7.05 Å². The van der Waals surface area contributed by atoms with E-state index in [9.17, 15) is 17.6 Å². The van der Waals surface area contributed by atoms with E-state index in [0.717, 1.165) is 12.1 Å². The third-order valence-corrected chi connectivity index (χ3v) is 3.47. The highest BCUT2D eigenvalue weighted by Crippen LogP contribution is 2.19. The van der Waals surface area contributed by atoms with Crippen molar-refractivity contribution in [3.8, 4) is 0 Å². The standard InChI is InChI=1S/C13H19FN2O3S/c1-13(2,3)8-16(4)12(17)9-5-6-10(14)11(7-9)20(15,18)19/h5-7H,8H2,1-4H3,(H2,15,18,19). The fourth-order valence-electron chi connectivity index (χ4n) is 1.86. The summed E-state index contributed by atoms with van der Waals surface area (Å²) in [5.74, 6) is -1.35. The van der Waals surface area contributed by atoms with Crippen molar-refractivity contribution in [2.75, 3.05) is 13.6 Å². The number of nitrogens with zero attached hydrogens (tertiary/aromatic N) is 1. The van der Waals surface area contributed by atoms with Gasteiger partial charge >= 0.3 is 0 Å². The van der Waals surface area contributed by atoms with E-state index in [1.165, 1.54) is 11.0 Å². The maximum absolute atomic E-state index is 13.4.